The molecule has 0 radical (unpaired) electrons. The average Bonchev–Trinajstić information content (AvgIpc) is 3.14. The highest BCUT2D eigenvalue weighted by Crippen LogP contribution is 2.19. The first-order valence-corrected chi connectivity index (χ1v) is 7.69. The number of aromatic nitrogens is 2. The minimum Gasteiger partial charge on any atom is -0.463 e. The number of rotatable bonds is 5. The molecule has 0 aliphatic carbocycles. The summed E-state index contributed by atoms with van der Waals surface area (Å²) in [6, 6.07) is 3.58. The van der Waals surface area contributed by atoms with Gasteiger partial charge in [-0.05, 0) is 31.4 Å². The molecule has 3 heterocycles. The van der Waals surface area contributed by atoms with Crippen molar-refractivity contribution in [2.24, 2.45) is 0 Å². The van der Waals surface area contributed by atoms with Crippen molar-refractivity contribution in [2.45, 2.75) is 31.9 Å². The Morgan fingerprint density at radius 1 is 1.35 bits per heavy atom. The van der Waals surface area contributed by atoms with E-state index in [-0.39, 0.29) is 19.3 Å². The van der Waals surface area contributed by atoms with E-state index in [1.165, 1.54) is 0 Å². The van der Waals surface area contributed by atoms with Crippen LogP contribution in [0.1, 0.15) is 25.0 Å². The molecule has 1 N–H and O–H groups in total. The Balaban J connectivity index is 1.51. The maximum absolute atomic E-state index is 11.8. The molecule has 2 aromatic heterocycles. The maximum Gasteiger partial charge on any atom is 0.407 e. The van der Waals surface area contributed by atoms with Crippen molar-refractivity contribution >= 4 is 6.09 Å². The largest absolute Gasteiger partial charge is 0.463 e. The quantitative estimate of drug-likeness (QED) is 0.912. The second kappa shape index (κ2) is 7.73. The van der Waals surface area contributed by atoms with Gasteiger partial charge in [0.1, 0.15) is 12.3 Å². The Kier molecular flexibility index (Phi) is 5.21. The highest BCUT2D eigenvalue weighted by atomic mass is 16.6. The van der Waals surface area contributed by atoms with Gasteiger partial charge in [-0.1, -0.05) is 0 Å². The number of nitrogens with one attached hydrogen (secondary N) is 1. The van der Waals surface area contributed by atoms with Crippen LogP contribution in [0.2, 0.25) is 0 Å². The van der Waals surface area contributed by atoms with Crippen molar-refractivity contribution in [2.75, 3.05) is 13.2 Å². The Morgan fingerprint density at radius 3 is 3.04 bits per heavy atom. The number of alkyl carbamates (subject to hydrolysis) is 1. The molecule has 1 aliphatic rings. The topological polar surface area (TPSA) is 86.5 Å². The fraction of sp³-hybridized carbons (Fsp3) is 0.438. The summed E-state index contributed by atoms with van der Waals surface area (Å²) in [7, 11) is 0. The zero-order valence-corrected chi connectivity index (χ0v) is 12.7. The van der Waals surface area contributed by atoms with E-state index < -0.39 is 6.09 Å². The zero-order chi connectivity index (χ0) is 15.9. The summed E-state index contributed by atoms with van der Waals surface area (Å²) in [6.45, 7) is 1.23. The van der Waals surface area contributed by atoms with Crippen LogP contribution < -0.4 is 5.32 Å². The lowest BCUT2D eigenvalue weighted by Gasteiger charge is -2.22. The molecule has 3 rings (SSSR count). The van der Waals surface area contributed by atoms with Gasteiger partial charge < -0.3 is 19.2 Å². The summed E-state index contributed by atoms with van der Waals surface area (Å²) in [5.74, 6) is 0.610. The van der Waals surface area contributed by atoms with Gasteiger partial charge in [-0.25, -0.2) is 9.78 Å². The smallest absolute Gasteiger partial charge is 0.407 e. The summed E-state index contributed by atoms with van der Waals surface area (Å²) in [6.07, 6.45) is 7.36. The van der Waals surface area contributed by atoms with Crippen LogP contribution >= 0.6 is 0 Å². The van der Waals surface area contributed by atoms with Crippen LogP contribution in [-0.2, 0) is 16.0 Å². The van der Waals surface area contributed by atoms with E-state index in [0.717, 1.165) is 25.9 Å². The molecular weight excluding hydrogens is 298 g/mol. The van der Waals surface area contributed by atoms with E-state index in [9.17, 15) is 4.79 Å². The third kappa shape index (κ3) is 4.29. The second-order valence-corrected chi connectivity index (χ2v) is 5.27. The highest BCUT2D eigenvalue weighted by Gasteiger charge is 2.16. The van der Waals surface area contributed by atoms with Crippen molar-refractivity contribution in [3.05, 3.63) is 36.5 Å². The van der Waals surface area contributed by atoms with Crippen molar-refractivity contribution in [1.82, 2.24) is 15.3 Å². The summed E-state index contributed by atoms with van der Waals surface area (Å²) >= 11 is 0. The molecule has 0 spiro atoms. The minimum absolute atomic E-state index is 0.00435. The van der Waals surface area contributed by atoms with Crippen molar-refractivity contribution in [3.63, 3.8) is 0 Å². The van der Waals surface area contributed by atoms with Gasteiger partial charge in [0.05, 0.1) is 24.6 Å². The summed E-state index contributed by atoms with van der Waals surface area (Å²) in [5.41, 5.74) is 1.22. The van der Waals surface area contributed by atoms with Crippen LogP contribution in [-0.4, -0.2) is 35.4 Å². The molecule has 7 nitrogen and oxygen atoms in total. The molecule has 0 saturated carbocycles. The van der Waals surface area contributed by atoms with E-state index >= 15 is 0 Å². The lowest BCUT2D eigenvalue weighted by molar-refractivity contribution is -0.0224. The van der Waals surface area contributed by atoms with Gasteiger partial charge in [0.2, 0.25) is 0 Å². The van der Waals surface area contributed by atoms with E-state index in [0.29, 0.717) is 17.1 Å². The first-order valence-electron chi connectivity index (χ1n) is 7.69. The maximum atomic E-state index is 11.8. The minimum atomic E-state index is -0.491. The van der Waals surface area contributed by atoms with Crippen LogP contribution in [0.3, 0.4) is 0 Å². The number of furan rings is 1. The second-order valence-electron chi connectivity index (χ2n) is 5.27. The first kappa shape index (κ1) is 15.5. The molecule has 1 aliphatic heterocycles. The molecule has 23 heavy (non-hydrogen) atoms. The van der Waals surface area contributed by atoms with Gasteiger partial charge in [-0.3, -0.25) is 4.98 Å². The van der Waals surface area contributed by atoms with Crippen LogP contribution in [0.4, 0.5) is 4.79 Å². The number of carbonyl (C=O) groups excluding carboxylic acids is 1. The fourth-order valence-corrected chi connectivity index (χ4v) is 2.43. The number of amides is 1. The van der Waals surface area contributed by atoms with Gasteiger partial charge >= 0.3 is 6.09 Å². The van der Waals surface area contributed by atoms with Gasteiger partial charge in [-0.15, -0.1) is 0 Å². The molecule has 1 amide bonds. The SMILES string of the molecule is O=C(NCc1nccnc1-c1ccco1)OCC1CCCCO1. The standard InChI is InChI=1S/C16H19N3O4/c20-16(23-11-12-4-1-2-8-21-12)19-10-13-15(18-7-6-17-13)14-5-3-9-22-14/h3,5-7,9,12H,1-2,4,8,10-11H2,(H,19,20). The van der Waals surface area contributed by atoms with Crippen molar-refractivity contribution < 1.29 is 18.7 Å². The Bertz CT molecular complexity index is 624. The summed E-state index contributed by atoms with van der Waals surface area (Å²) < 4.78 is 16.0. The van der Waals surface area contributed by atoms with Gasteiger partial charge in [0.15, 0.2) is 5.76 Å². The zero-order valence-electron chi connectivity index (χ0n) is 12.7. The van der Waals surface area contributed by atoms with Crippen molar-refractivity contribution in [3.8, 4) is 11.5 Å². The lowest BCUT2D eigenvalue weighted by atomic mass is 10.1. The number of carbonyl (C=O) groups is 1. The number of nitrogens with zero attached hydrogens (tertiary/aromatic N) is 2. The molecule has 1 unspecified atom stereocenters. The van der Waals surface area contributed by atoms with Gasteiger partial charge in [0.25, 0.3) is 0 Å². The highest BCUT2D eigenvalue weighted by molar-refractivity contribution is 5.67. The van der Waals surface area contributed by atoms with Crippen LogP contribution in [0.5, 0.6) is 0 Å². The molecule has 1 fully saturated rings. The molecule has 2 aromatic rings. The molecule has 0 aromatic carbocycles. The fourth-order valence-electron chi connectivity index (χ4n) is 2.43. The average molecular weight is 317 g/mol. The molecule has 7 heteroatoms. The Hall–Kier alpha value is -2.41. The van der Waals surface area contributed by atoms with Crippen LogP contribution in [0.25, 0.3) is 11.5 Å². The van der Waals surface area contributed by atoms with Gasteiger partial charge in [-0.2, -0.15) is 0 Å². The normalized spacial score (nSPS) is 17.7. The molecule has 0 bridgehead atoms. The first-order chi connectivity index (χ1) is 11.3. The van der Waals surface area contributed by atoms with E-state index in [4.69, 9.17) is 13.9 Å². The van der Waals surface area contributed by atoms with E-state index in [1.54, 1.807) is 30.8 Å². The van der Waals surface area contributed by atoms with Crippen molar-refractivity contribution in [1.29, 1.82) is 0 Å². The van der Waals surface area contributed by atoms with Crippen LogP contribution in [0, 0.1) is 0 Å². The summed E-state index contributed by atoms with van der Waals surface area (Å²) in [4.78, 5) is 20.3. The predicted octanol–water partition coefficient (Wildman–Crippen LogP) is 2.53. The number of ether oxygens (including phenoxy) is 2. The molecule has 1 saturated heterocycles. The number of hydrogen-bond acceptors (Lipinski definition) is 6. The Morgan fingerprint density at radius 2 is 2.26 bits per heavy atom. The third-order valence-corrected chi connectivity index (χ3v) is 3.60. The third-order valence-electron chi connectivity index (χ3n) is 3.60. The Labute approximate surface area is 134 Å². The van der Waals surface area contributed by atoms with E-state index in [1.807, 2.05) is 0 Å². The molecule has 122 valence electrons. The molecular formula is C16H19N3O4. The monoisotopic (exact) mass is 317 g/mol. The number of hydrogen-bond donors (Lipinski definition) is 1. The molecule has 1 atom stereocenters. The van der Waals surface area contributed by atoms with Crippen LogP contribution in [0.15, 0.2) is 35.2 Å². The predicted molar refractivity (Wildman–Crippen MR) is 81.5 cm³/mol. The lowest BCUT2D eigenvalue weighted by Crippen LogP contribution is -2.30. The summed E-state index contributed by atoms with van der Waals surface area (Å²) in [5, 5.41) is 2.68. The van der Waals surface area contributed by atoms with Gasteiger partial charge in [0, 0.05) is 19.0 Å². The van der Waals surface area contributed by atoms with E-state index in [2.05, 4.69) is 15.3 Å².